The average molecular weight is 403 g/mol. The number of urea groups is 1. The zero-order valence-corrected chi connectivity index (χ0v) is 17.2. The van der Waals surface area contributed by atoms with Crippen LogP contribution in [0.25, 0.3) is 5.69 Å². The standard InChI is InChI=1S/C24H25N3O3/c1-3-30-22(28)15-25-24(29)27-16-19-9-4-5-11-20(19)26-13-7-12-21(26)23(27)18-10-6-8-17(2)14-18/h4-14,23H,3,15-16H2,1-2H3,(H,25,29). The zero-order valence-electron chi connectivity index (χ0n) is 17.2. The largest absolute Gasteiger partial charge is 0.465 e. The number of hydrogen-bond acceptors (Lipinski definition) is 3. The van der Waals surface area contributed by atoms with Crippen LogP contribution >= 0.6 is 0 Å². The van der Waals surface area contributed by atoms with Crippen LogP contribution in [0.15, 0.2) is 66.9 Å². The van der Waals surface area contributed by atoms with Gasteiger partial charge in [0.1, 0.15) is 6.54 Å². The van der Waals surface area contributed by atoms with Gasteiger partial charge in [0.15, 0.2) is 0 Å². The van der Waals surface area contributed by atoms with E-state index in [2.05, 4.69) is 22.0 Å². The molecule has 154 valence electrons. The Balaban J connectivity index is 1.77. The number of para-hydroxylation sites is 1. The highest BCUT2D eigenvalue weighted by atomic mass is 16.5. The summed E-state index contributed by atoms with van der Waals surface area (Å²) in [6.07, 6.45) is 2.02. The number of fused-ring (bicyclic) bond motifs is 3. The monoisotopic (exact) mass is 403 g/mol. The Labute approximate surface area is 176 Å². The summed E-state index contributed by atoms with van der Waals surface area (Å²) < 4.78 is 7.10. The number of nitrogens with zero attached hydrogens (tertiary/aromatic N) is 2. The molecule has 6 nitrogen and oxygen atoms in total. The van der Waals surface area contributed by atoms with Gasteiger partial charge in [0, 0.05) is 11.9 Å². The summed E-state index contributed by atoms with van der Waals surface area (Å²) in [4.78, 5) is 26.8. The molecule has 1 aliphatic rings. The normalized spacial score (nSPS) is 15.0. The molecule has 0 bridgehead atoms. The number of esters is 1. The Bertz CT molecular complexity index is 1070. The number of rotatable bonds is 4. The van der Waals surface area contributed by atoms with E-state index in [4.69, 9.17) is 4.74 Å². The van der Waals surface area contributed by atoms with Crippen LogP contribution in [0.3, 0.4) is 0 Å². The average Bonchev–Trinajstić information content (AvgIpc) is 3.16. The minimum Gasteiger partial charge on any atom is -0.465 e. The lowest BCUT2D eigenvalue weighted by molar-refractivity contribution is -0.141. The third-order valence-corrected chi connectivity index (χ3v) is 5.27. The minimum absolute atomic E-state index is 0.160. The second kappa shape index (κ2) is 8.45. The van der Waals surface area contributed by atoms with Crippen LogP contribution in [-0.2, 0) is 16.1 Å². The van der Waals surface area contributed by atoms with Gasteiger partial charge in [0.05, 0.1) is 24.9 Å². The molecule has 3 aromatic rings. The SMILES string of the molecule is CCOC(=O)CNC(=O)N1Cc2ccccc2-n2cccc2C1c1cccc(C)c1. The van der Waals surface area contributed by atoms with Crippen molar-refractivity contribution in [2.24, 2.45) is 0 Å². The van der Waals surface area contributed by atoms with Crippen LogP contribution < -0.4 is 5.32 Å². The maximum atomic E-state index is 13.3. The van der Waals surface area contributed by atoms with Crippen molar-refractivity contribution in [3.05, 3.63) is 89.2 Å². The molecule has 2 amide bonds. The summed E-state index contributed by atoms with van der Waals surface area (Å²) in [5.41, 5.74) is 5.23. The lowest BCUT2D eigenvalue weighted by atomic mass is 10.00. The number of carbonyl (C=O) groups excluding carboxylic acids is 2. The second-order valence-electron chi connectivity index (χ2n) is 7.34. The van der Waals surface area contributed by atoms with Crippen molar-refractivity contribution < 1.29 is 14.3 Å². The van der Waals surface area contributed by atoms with E-state index in [9.17, 15) is 9.59 Å². The fourth-order valence-corrected chi connectivity index (χ4v) is 3.99. The van der Waals surface area contributed by atoms with E-state index in [-0.39, 0.29) is 25.2 Å². The number of nitrogens with one attached hydrogen (secondary N) is 1. The number of aromatic nitrogens is 1. The van der Waals surface area contributed by atoms with E-state index in [1.165, 1.54) is 0 Å². The molecule has 30 heavy (non-hydrogen) atoms. The van der Waals surface area contributed by atoms with Gasteiger partial charge in [-0.15, -0.1) is 0 Å². The van der Waals surface area contributed by atoms with Crippen molar-refractivity contribution in [1.82, 2.24) is 14.8 Å². The van der Waals surface area contributed by atoms with Gasteiger partial charge in [-0.3, -0.25) is 4.79 Å². The first-order chi connectivity index (χ1) is 14.6. The lowest BCUT2D eigenvalue weighted by Crippen LogP contribution is -2.44. The summed E-state index contributed by atoms with van der Waals surface area (Å²) >= 11 is 0. The van der Waals surface area contributed by atoms with Gasteiger partial charge in [-0.05, 0) is 43.2 Å². The van der Waals surface area contributed by atoms with Crippen molar-refractivity contribution in [2.45, 2.75) is 26.4 Å². The minimum atomic E-state index is -0.448. The van der Waals surface area contributed by atoms with Crippen LogP contribution in [0.4, 0.5) is 4.79 Å². The van der Waals surface area contributed by atoms with E-state index in [1.54, 1.807) is 11.8 Å². The van der Waals surface area contributed by atoms with Crippen LogP contribution in [-0.4, -0.2) is 34.6 Å². The second-order valence-corrected chi connectivity index (χ2v) is 7.34. The summed E-state index contributed by atoms with van der Waals surface area (Å²) in [5.74, 6) is -0.448. The molecular weight excluding hydrogens is 378 g/mol. The summed E-state index contributed by atoms with van der Waals surface area (Å²) in [7, 11) is 0. The molecule has 1 N–H and O–H groups in total. The molecule has 1 unspecified atom stereocenters. The highest BCUT2D eigenvalue weighted by molar-refractivity contribution is 5.81. The van der Waals surface area contributed by atoms with E-state index in [0.717, 1.165) is 28.1 Å². The number of carbonyl (C=O) groups is 2. The van der Waals surface area contributed by atoms with Gasteiger partial charge in [0.25, 0.3) is 0 Å². The first kappa shape index (κ1) is 19.8. The van der Waals surface area contributed by atoms with Gasteiger partial charge in [-0.1, -0.05) is 48.0 Å². The maximum absolute atomic E-state index is 13.3. The Morgan fingerprint density at radius 2 is 1.93 bits per heavy atom. The van der Waals surface area contributed by atoms with Crippen LogP contribution in [0.5, 0.6) is 0 Å². The summed E-state index contributed by atoms with van der Waals surface area (Å²) in [5, 5.41) is 2.74. The molecule has 0 radical (unpaired) electrons. The van der Waals surface area contributed by atoms with Gasteiger partial charge in [0.2, 0.25) is 0 Å². The first-order valence-corrected chi connectivity index (χ1v) is 10.1. The van der Waals surface area contributed by atoms with Crippen molar-refractivity contribution in [3.8, 4) is 5.69 Å². The topological polar surface area (TPSA) is 63.6 Å². The van der Waals surface area contributed by atoms with Gasteiger partial charge >= 0.3 is 12.0 Å². The van der Waals surface area contributed by atoms with E-state index < -0.39 is 5.97 Å². The van der Waals surface area contributed by atoms with Crippen LogP contribution in [0, 0.1) is 6.92 Å². The third-order valence-electron chi connectivity index (χ3n) is 5.27. The zero-order chi connectivity index (χ0) is 21.1. The maximum Gasteiger partial charge on any atom is 0.325 e. The highest BCUT2D eigenvalue weighted by Crippen LogP contribution is 2.36. The molecule has 2 heterocycles. The Morgan fingerprint density at radius 1 is 1.10 bits per heavy atom. The number of aryl methyl sites for hydroxylation is 1. The smallest absolute Gasteiger partial charge is 0.325 e. The van der Waals surface area contributed by atoms with Gasteiger partial charge < -0.3 is 19.5 Å². The Morgan fingerprint density at radius 3 is 2.73 bits per heavy atom. The lowest BCUT2D eigenvalue weighted by Gasteiger charge is -2.31. The highest BCUT2D eigenvalue weighted by Gasteiger charge is 2.33. The fourth-order valence-electron chi connectivity index (χ4n) is 3.99. The van der Waals surface area contributed by atoms with Crippen molar-refractivity contribution in [1.29, 1.82) is 0 Å². The molecular formula is C24H25N3O3. The van der Waals surface area contributed by atoms with Crippen molar-refractivity contribution in [2.75, 3.05) is 13.2 Å². The molecule has 0 fully saturated rings. The fraction of sp³-hybridized carbons (Fsp3) is 0.250. The molecule has 0 aliphatic carbocycles. The molecule has 0 saturated heterocycles. The molecule has 6 heteroatoms. The van der Waals surface area contributed by atoms with Gasteiger partial charge in [-0.2, -0.15) is 0 Å². The number of amides is 2. The van der Waals surface area contributed by atoms with E-state index in [0.29, 0.717) is 6.54 Å². The molecule has 1 aliphatic heterocycles. The summed E-state index contributed by atoms with van der Waals surface area (Å²) in [6.45, 7) is 4.33. The Kier molecular flexibility index (Phi) is 5.57. The number of benzene rings is 2. The molecule has 0 saturated carbocycles. The first-order valence-electron chi connectivity index (χ1n) is 10.1. The van der Waals surface area contributed by atoms with Crippen molar-refractivity contribution >= 4 is 12.0 Å². The number of hydrogen-bond donors (Lipinski definition) is 1. The Hall–Kier alpha value is -3.54. The quantitative estimate of drug-likeness (QED) is 0.671. The predicted octanol–water partition coefficient (Wildman–Crippen LogP) is 3.96. The van der Waals surface area contributed by atoms with Gasteiger partial charge in [-0.25, -0.2) is 4.79 Å². The number of ether oxygens (including phenoxy) is 1. The van der Waals surface area contributed by atoms with E-state index >= 15 is 0 Å². The van der Waals surface area contributed by atoms with Crippen LogP contribution in [0.2, 0.25) is 0 Å². The predicted molar refractivity (Wildman–Crippen MR) is 114 cm³/mol. The summed E-state index contributed by atoms with van der Waals surface area (Å²) in [6, 6.07) is 19.7. The third kappa shape index (κ3) is 3.81. The molecule has 2 aromatic carbocycles. The molecule has 0 spiro atoms. The molecule has 1 aromatic heterocycles. The van der Waals surface area contributed by atoms with Crippen LogP contribution in [0.1, 0.15) is 35.3 Å². The molecule has 4 rings (SSSR count). The molecule has 1 atom stereocenters. The van der Waals surface area contributed by atoms with Crippen molar-refractivity contribution in [3.63, 3.8) is 0 Å². The van der Waals surface area contributed by atoms with E-state index in [1.807, 2.05) is 61.7 Å².